The van der Waals surface area contributed by atoms with Crippen molar-refractivity contribution in [1.82, 2.24) is 0 Å². The summed E-state index contributed by atoms with van der Waals surface area (Å²) in [4.78, 5) is 36.0. The molecule has 0 saturated carbocycles. The Morgan fingerprint density at radius 2 is 1.52 bits per heavy atom. The molecule has 0 saturated heterocycles. The molecule has 2 N–H and O–H groups in total. The first-order valence-electron chi connectivity index (χ1n) is 9.26. The van der Waals surface area contributed by atoms with Gasteiger partial charge in [-0.25, -0.2) is 0 Å². The monoisotopic (exact) mass is 460 g/mol. The maximum Gasteiger partial charge on any atom is 0.306 e. The van der Waals surface area contributed by atoms with Gasteiger partial charge in [-0.3, -0.25) is 14.4 Å². The largest absolute Gasteiger partial charge is 0.456 e. The molecule has 154 valence electrons. The lowest BCUT2D eigenvalue weighted by molar-refractivity contribution is -0.147. The number of rotatable bonds is 7. The summed E-state index contributed by atoms with van der Waals surface area (Å²) >= 11 is 3.44. The fourth-order valence-corrected chi connectivity index (χ4v) is 3.19. The van der Waals surface area contributed by atoms with Crippen molar-refractivity contribution in [2.24, 2.45) is 0 Å². The van der Waals surface area contributed by atoms with Crippen LogP contribution in [-0.4, -0.2) is 24.4 Å². The van der Waals surface area contributed by atoms with Crippen LogP contribution in [-0.2, 0) is 19.1 Å². The summed E-state index contributed by atoms with van der Waals surface area (Å²) in [6.45, 7) is 7.26. The van der Waals surface area contributed by atoms with Crippen LogP contribution in [0, 0.1) is 27.7 Å². The van der Waals surface area contributed by atoms with E-state index in [2.05, 4.69) is 26.6 Å². The summed E-state index contributed by atoms with van der Waals surface area (Å²) in [5.74, 6) is -1.30. The van der Waals surface area contributed by atoms with Gasteiger partial charge in [0.2, 0.25) is 5.91 Å². The zero-order valence-corrected chi connectivity index (χ0v) is 18.6. The quantitative estimate of drug-likeness (QED) is 0.591. The number of esters is 1. The minimum atomic E-state index is -0.597. The number of halogens is 1. The topological polar surface area (TPSA) is 84.5 Å². The molecule has 2 rings (SSSR count). The van der Waals surface area contributed by atoms with Crippen LogP contribution in [0.2, 0.25) is 0 Å². The van der Waals surface area contributed by atoms with Crippen molar-refractivity contribution in [1.29, 1.82) is 0 Å². The van der Waals surface area contributed by atoms with E-state index in [1.165, 1.54) is 0 Å². The van der Waals surface area contributed by atoms with Gasteiger partial charge in [-0.15, -0.1) is 0 Å². The molecule has 0 bridgehead atoms. The molecular formula is C22H25BrN2O4. The molecule has 2 aromatic rings. The Balaban J connectivity index is 1.77. The Morgan fingerprint density at radius 1 is 0.862 bits per heavy atom. The second kappa shape index (κ2) is 10.2. The van der Waals surface area contributed by atoms with E-state index in [1.54, 1.807) is 6.07 Å². The Bertz CT molecular complexity index is 920. The fourth-order valence-electron chi connectivity index (χ4n) is 2.76. The van der Waals surface area contributed by atoms with Crippen molar-refractivity contribution in [3.05, 3.63) is 57.1 Å². The first-order chi connectivity index (χ1) is 13.7. The standard InChI is InChI=1S/C22H25BrN2O4/c1-13-6-5-7-14(2)22(13)25-19(26)10-11-21(28)29-12-20(27)24-18-9-8-17(23)15(3)16(18)4/h5-9H,10-12H2,1-4H3,(H,24,27)(H,25,26). The molecule has 7 heteroatoms. The molecule has 0 heterocycles. The van der Waals surface area contributed by atoms with E-state index in [9.17, 15) is 14.4 Å². The summed E-state index contributed by atoms with van der Waals surface area (Å²) in [5.41, 5.74) is 5.29. The molecule has 0 aliphatic heterocycles. The van der Waals surface area contributed by atoms with E-state index >= 15 is 0 Å². The molecule has 6 nitrogen and oxygen atoms in total. The zero-order chi connectivity index (χ0) is 21.6. The molecule has 0 atom stereocenters. The Morgan fingerprint density at radius 3 is 2.17 bits per heavy atom. The van der Waals surface area contributed by atoms with Gasteiger partial charge >= 0.3 is 5.97 Å². The van der Waals surface area contributed by atoms with Crippen LogP contribution in [0.15, 0.2) is 34.8 Å². The minimum Gasteiger partial charge on any atom is -0.456 e. The van der Waals surface area contributed by atoms with E-state index in [-0.39, 0.29) is 18.7 Å². The number of nitrogens with one attached hydrogen (secondary N) is 2. The summed E-state index contributed by atoms with van der Waals surface area (Å²) in [5, 5.41) is 5.54. The lowest BCUT2D eigenvalue weighted by Crippen LogP contribution is -2.22. The van der Waals surface area contributed by atoms with Crippen molar-refractivity contribution in [3.63, 3.8) is 0 Å². The lowest BCUT2D eigenvalue weighted by Gasteiger charge is -2.12. The number of amides is 2. The van der Waals surface area contributed by atoms with Crippen molar-refractivity contribution in [2.45, 2.75) is 40.5 Å². The van der Waals surface area contributed by atoms with Gasteiger partial charge in [0.05, 0.1) is 6.42 Å². The summed E-state index contributed by atoms with van der Waals surface area (Å²) < 4.78 is 5.93. The van der Waals surface area contributed by atoms with Gasteiger partial charge in [-0.1, -0.05) is 34.1 Å². The van der Waals surface area contributed by atoms with E-state index in [0.29, 0.717) is 5.69 Å². The normalized spacial score (nSPS) is 10.4. The molecule has 0 spiro atoms. The molecule has 2 amide bonds. The highest BCUT2D eigenvalue weighted by molar-refractivity contribution is 9.10. The number of anilines is 2. The van der Waals surface area contributed by atoms with Crippen LogP contribution in [0.4, 0.5) is 11.4 Å². The highest BCUT2D eigenvalue weighted by Gasteiger charge is 2.13. The minimum absolute atomic E-state index is 0.0146. The fraction of sp³-hybridized carbons (Fsp3) is 0.318. The summed E-state index contributed by atoms with van der Waals surface area (Å²) in [7, 11) is 0. The third-order valence-corrected chi connectivity index (χ3v) is 5.52. The van der Waals surface area contributed by atoms with Gasteiger partial charge in [-0.05, 0) is 62.1 Å². The van der Waals surface area contributed by atoms with Crippen LogP contribution in [0.3, 0.4) is 0 Å². The van der Waals surface area contributed by atoms with Crippen LogP contribution < -0.4 is 10.6 Å². The molecule has 0 aliphatic rings. The maximum absolute atomic E-state index is 12.1. The number of benzene rings is 2. The number of ether oxygens (including phenoxy) is 1. The van der Waals surface area contributed by atoms with Crippen molar-refractivity contribution in [2.75, 3.05) is 17.2 Å². The first kappa shape index (κ1) is 22.6. The predicted octanol–water partition coefficient (Wildman–Crippen LogP) is 4.58. The summed E-state index contributed by atoms with van der Waals surface area (Å²) in [6.07, 6.45) is -0.111. The second-order valence-electron chi connectivity index (χ2n) is 6.87. The van der Waals surface area contributed by atoms with Gasteiger partial charge in [0.25, 0.3) is 5.91 Å². The van der Waals surface area contributed by atoms with Gasteiger partial charge in [-0.2, -0.15) is 0 Å². The number of para-hydroxylation sites is 1. The van der Waals surface area contributed by atoms with Crippen LogP contribution in [0.25, 0.3) is 0 Å². The molecular weight excluding hydrogens is 436 g/mol. The third-order valence-electron chi connectivity index (χ3n) is 4.66. The number of aryl methyl sites for hydroxylation is 2. The van der Waals surface area contributed by atoms with Crippen LogP contribution in [0.1, 0.15) is 35.1 Å². The Hall–Kier alpha value is -2.67. The number of hydrogen-bond acceptors (Lipinski definition) is 4. The van der Waals surface area contributed by atoms with Gasteiger partial charge in [0.15, 0.2) is 6.61 Å². The van der Waals surface area contributed by atoms with E-state index in [4.69, 9.17) is 4.74 Å². The van der Waals surface area contributed by atoms with E-state index in [0.717, 1.165) is 32.4 Å². The number of carbonyl (C=O) groups is 3. The van der Waals surface area contributed by atoms with Crippen molar-refractivity contribution < 1.29 is 19.1 Å². The van der Waals surface area contributed by atoms with Crippen molar-refractivity contribution >= 4 is 45.1 Å². The average molecular weight is 461 g/mol. The molecule has 0 unspecified atom stereocenters. The Kier molecular flexibility index (Phi) is 7.96. The number of hydrogen-bond donors (Lipinski definition) is 2. The van der Waals surface area contributed by atoms with Gasteiger partial charge < -0.3 is 15.4 Å². The van der Waals surface area contributed by atoms with Crippen LogP contribution in [0.5, 0.6) is 0 Å². The highest BCUT2D eigenvalue weighted by atomic mass is 79.9. The van der Waals surface area contributed by atoms with E-state index < -0.39 is 18.5 Å². The predicted molar refractivity (Wildman–Crippen MR) is 117 cm³/mol. The molecule has 0 radical (unpaired) electrons. The molecule has 0 aliphatic carbocycles. The number of carbonyl (C=O) groups excluding carboxylic acids is 3. The van der Waals surface area contributed by atoms with Crippen LogP contribution >= 0.6 is 15.9 Å². The zero-order valence-electron chi connectivity index (χ0n) is 17.0. The average Bonchev–Trinajstić information content (AvgIpc) is 2.68. The molecule has 2 aromatic carbocycles. The first-order valence-corrected chi connectivity index (χ1v) is 10.1. The summed E-state index contributed by atoms with van der Waals surface area (Å²) in [6, 6.07) is 9.36. The van der Waals surface area contributed by atoms with Gasteiger partial charge in [0, 0.05) is 22.3 Å². The smallest absolute Gasteiger partial charge is 0.306 e. The second-order valence-corrected chi connectivity index (χ2v) is 7.72. The maximum atomic E-state index is 12.1. The Labute approximate surface area is 179 Å². The third kappa shape index (κ3) is 6.42. The molecule has 0 aromatic heterocycles. The van der Waals surface area contributed by atoms with Crippen molar-refractivity contribution in [3.8, 4) is 0 Å². The SMILES string of the molecule is Cc1cccc(C)c1NC(=O)CCC(=O)OCC(=O)Nc1ccc(Br)c(C)c1C. The van der Waals surface area contributed by atoms with E-state index in [1.807, 2.05) is 52.0 Å². The lowest BCUT2D eigenvalue weighted by atomic mass is 10.1. The highest BCUT2D eigenvalue weighted by Crippen LogP contribution is 2.25. The van der Waals surface area contributed by atoms with Gasteiger partial charge in [0.1, 0.15) is 0 Å². The molecule has 0 fully saturated rings. The molecule has 29 heavy (non-hydrogen) atoms.